The molecule has 2 aliphatic rings. The highest BCUT2D eigenvalue weighted by Gasteiger charge is 2.35. The minimum absolute atomic E-state index is 0.0730. The number of aromatic nitrogens is 1. The molecule has 19 heavy (non-hydrogen) atoms. The summed E-state index contributed by atoms with van der Waals surface area (Å²) in [5, 5.41) is 3.41. The first-order valence-corrected chi connectivity index (χ1v) is 6.90. The number of hydrogen-bond donors (Lipinski definition) is 1. The van der Waals surface area contributed by atoms with E-state index in [4.69, 9.17) is 0 Å². The number of hydrogen-bond acceptors (Lipinski definition) is 3. The summed E-state index contributed by atoms with van der Waals surface area (Å²) in [6, 6.07) is 3.50. The van der Waals surface area contributed by atoms with Crippen LogP contribution in [0.4, 0.5) is 4.39 Å². The Balaban J connectivity index is 1.71. The molecule has 4 nitrogen and oxygen atoms in total. The zero-order valence-corrected chi connectivity index (χ0v) is 10.8. The van der Waals surface area contributed by atoms with E-state index in [-0.39, 0.29) is 5.91 Å². The summed E-state index contributed by atoms with van der Waals surface area (Å²) in [7, 11) is 0. The van der Waals surface area contributed by atoms with E-state index in [9.17, 15) is 9.18 Å². The molecule has 1 atom stereocenters. The predicted molar refractivity (Wildman–Crippen MR) is 69.3 cm³/mol. The van der Waals surface area contributed by atoms with Crippen LogP contribution >= 0.6 is 0 Å². The standard InChI is InChI=1S/C14H18FN3O/c15-10-3-6-13(17-8-10)14(19)18(12-4-5-12)9-11-2-1-7-16-11/h3,6,8,11-12,16H,1-2,4-5,7,9H2. The van der Waals surface area contributed by atoms with Crippen molar-refractivity contribution < 1.29 is 9.18 Å². The first-order chi connectivity index (χ1) is 9.24. The van der Waals surface area contributed by atoms with E-state index in [1.54, 1.807) is 0 Å². The highest BCUT2D eigenvalue weighted by atomic mass is 19.1. The molecule has 1 aliphatic heterocycles. The average Bonchev–Trinajstić information content (AvgIpc) is 3.13. The van der Waals surface area contributed by atoms with Crippen LogP contribution < -0.4 is 5.32 Å². The van der Waals surface area contributed by atoms with Crippen LogP contribution in [0.2, 0.25) is 0 Å². The molecule has 1 saturated carbocycles. The van der Waals surface area contributed by atoms with Gasteiger partial charge in [0.25, 0.3) is 5.91 Å². The lowest BCUT2D eigenvalue weighted by Gasteiger charge is -2.25. The second-order valence-electron chi connectivity index (χ2n) is 5.34. The van der Waals surface area contributed by atoms with E-state index < -0.39 is 5.82 Å². The molecular weight excluding hydrogens is 245 g/mol. The Morgan fingerprint density at radius 2 is 2.26 bits per heavy atom. The Kier molecular flexibility index (Phi) is 3.46. The third kappa shape index (κ3) is 2.92. The van der Waals surface area contributed by atoms with E-state index in [0.717, 1.165) is 38.5 Å². The summed E-state index contributed by atoms with van der Waals surface area (Å²) in [5.41, 5.74) is 0.339. The van der Waals surface area contributed by atoms with Gasteiger partial charge >= 0.3 is 0 Å². The van der Waals surface area contributed by atoms with Gasteiger partial charge in [-0.15, -0.1) is 0 Å². The molecule has 2 fully saturated rings. The minimum Gasteiger partial charge on any atom is -0.333 e. The number of halogens is 1. The molecule has 0 bridgehead atoms. The highest BCUT2D eigenvalue weighted by Crippen LogP contribution is 2.28. The summed E-state index contributed by atoms with van der Waals surface area (Å²) >= 11 is 0. The zero-order chi connectivity index (χ0) is 13.2. The molecule has 0 spiro atoms. The molecule has 1 N–H and O–H groups in total. The summed E-state index contributed by atoms with van der Waals surface area (Å²) in [5.74, 6) is -0.483. The van der Waals surface area contributed by atoms with Gasteiger partial charge in [-0.25, -0.2) is 9.37 Å². The Labute approximate surface area is 112 Å². The van der Waals surface area contributed by atoms with Crippen molar-refractivity contribution in [2.75, 3.05) is 13.1 Å². The van der Waals surface area contributed by atoms with Gasteiger partial charge < -0.3 is 10.2 Å². The van der Waals surface area contributed by atoms with Crippen LogP contribution in [-0.4, -0.2) is 41.0 Å². The molecule has 1 unspecified atom stereocenters. The molecule has 0 radical (unpaired) electrons. The third-order valence-electron chi connectivity index (χ3n) is 3.77. The van der Waals surface area contributed by atoms with Crippen LogP contribution in [0.1, 0.15) is 36.2 Å². The molecule has 1 amide bonds. The normalized spacial score (nSPS) is 22.5. The zero-order valence-electron chi connectivity index (χ0n) is 10.8. The summed E-state index contributed by atoms with van der Waals surface area (Å²) in [6.07, 6.45) is 5.53. The van der Waals surface area contributed by atoms with E-state index >= 15 is 0 Å². The van der Waals surface area contributed by atoms with Crippen LogP contribution in [0.25, 0.3) is 0 Å². The lowest BCUT2D eigenvalue weighted by Crippen LogP contribution is -2.42. The van der Waals surface area contributed by atoms with Gasteiger partial charge in [-0.1, -0.05) is 0 Å². The SMILES string of the molecule is O=C(c1ccc(F)cn1)N(CC1CCCN1)C1CC1. The van der Waals surface area contributed by atoms with E-state index in [2.05, 4.69) is 10.3 Å². The molecule has 1 aromatic heterocycles. The molecule has 3 rings (SSSR count). The van der Waals surface area contributed by atoms with Gasteiger partial charge in [0.05, 0.1) is 6.20 Å². The van der Waals surface area contributed by atoms with Crippen molar-refractivity contribution in [3.05, 3.63) is 29.8 Å². The smallest absolute Gasteiger partial charge is 0.272 e. The van der Waals surface area contributed by atoms with Crippen molar-refractivity contribution in [3.63, 3.8) is 0 Å². The summed E-state index contributed by atoms with van der Waals surface area (Å²) < 4.78 is 12.9. The fourth-order valence-electron chi connectivity index (χ4n) is 2.58. The van der Waals surface area contributed by atoms with Crippen molar-refractivity contribution in [1.29, 1.82) is 0 Å². The fraction of sp³-hybridized carbons (Fsp3) is 0.571. The van der Waals surface area contributed by atoms with Crippen molar-refractivity contribution in [3.8, 4) is 0 Å². The monoisotopic (exact) mass is 263 g/mol. The summed E-state index contributed by atoms with van der Waals surface area (Å²) in [6.45, 7) is 1.77. The second-order valence-corrected chi connectivity index (χ2v) is 5.34. The van der Waals surface area contributed by atoms with Crippen molar-refractivity contribution in [2.24, 2.45) is 0 Å². The number of carbonyl (C=O) groups excluding carboxylic acids is 1. The van der Waals surface area contributed by atoms with Crippen LogP contribution in [0.15, 0.2) is 18.3 Å². The molecule has 102 valence electrons. The maximum atomic E-state index is 12.9. The topological polar surface area (TPSA) is 45.2 Å². The predicted octanol–water partition coefficient (Wildman–Crippen LogP) is 1.58. The number of carbonyl (C=O) groups is 1. The van der Waals surface area contributed by atoms with Crippen LogP contribution in [0, 0.1) is 5.82 Å². The van der Waals surface area contributed by atoms with Gasteiger partial charge in [-0.3, -0.25) is 4.79 Å². The molecule has 1 aromatic rings. The van der Waals surface area contributed by atoms with Gasteiger partial charge in [-0.05, 0) is 44.4 Å². The number of nitrogens with zero attached hydrogens (tertiary/aromatic N) is 2. The second kappa shape index (κ2) is 5.25. The number of rotatable bonds is 4. The maximum Gasteiger partial charge on any atom is 0.272 e. The Bertz CT molecular complexity index is 452. The molecule has 1 aliphatic carbocycles. The quantitative estimate of drug-likeness (QED) is 0.897. The van der Waals surface area contributed by atoms with Crippen LogP contribution in [-0.2, 0) is 0 Å². The van der Waals surface area contributed by atoms with E-state index in [1.807, 2.05) is 4.90 Å². The minimum atomic E-state index is -0.410. The van der Waals surface area contributed by atoms with Crippen molar-refractivity contribution in [2.45, 2.75) is 37.8 Å². The highest BCUT2D eigenvalue weighted by molar-refractivity contribution is 5.92. The summed E-state index contributed by atoms with van der Waals surface area (Å²) in [4.78, 5) is 18.2. The fourth-order valence-corrected chi connectivity index (χ4v) is 2.58. The van der Waals surface area contributed by atoms with E-state index in [0.29, 0.717) is 17.8 Å². The largest absolute Gasteiger partial charge is 0.333 e. The Hall–Kier alpha value is -1.49. The average molecular weight is 263 g/mol. The lowest BCUT2D eigenvalue weighted by atomic mass is 10.2. The van der Waals surface area contributed by atoms with Gasteiger partial charge in [0.2, 0.25) is 0 Å². The Morgan fingerprint density at radius 1 is 1.42 bits per heavy atom. The third-order valence-corrected chi connectivity index (χ3v) is 3.77. The van der Waals surface area contributed by atoms with Crippen molar-refractivity contribution >= 4 is 5.91 Å². The van der Waals surface area contributed by atoms with Crippen LogP contribution in [0.3, 0.4) is 0 Å². The Morgan fingerprint density at radius 3 is 2.84 bits per heavy atom. The maximum absolute atomic E-state index is 12.9. The van der Waals surface area contributed by atoms with Gasteiger partial charge in [0, 0.05) is 18.6 Å². The first-order valence-electron chi connectivity index (χ1n) is 6.90. The molecule has 0 aromatic carbocycles. The number of pyridine rings is 1. The number of nitrogens with one attached hydrogen (secondary N) is 1. The van der Waals surface area contributed by atoms with Gasteiger partial charge in [0.1, 0.15) is 11.5 Å². The van der Waals surface area contributed by atoms with Gasteiger partial charge in [-0.2, -0.15) is 0 Å². The molecule has 2 heterocycles. The van der Waals surface area contributed by atoms with Gasteiger partial charge in [0.15, 0.2) is 0 Å². The number of amides is 1. The van der Waals surface area contributed by atoms with Crippen molar-refractivity contribution in [1.82, 2.24) is 15.2 Å². The molecular formula is C14H18FN3O. The molecule has 5 heteroatoms. The first kappa shape index (κ1) is 12.5. The molecule has 1 saturated heterocycles. The van der Waals surface area contributed by atoms with E-state index in [1.165, 1.54) is 18.6 Å². The van der Waals surface area contributed by atoms with Crippen LogP contribution in [0.5, 0.6) is 0 Å². The lowest BCUT2D eigenvalue weighted by molar-refractivity contribution is 0.0722.